The number of halogens is 1. The van der Waals surface area contributed by atoms with Crippen molar-refractivity contribution >= 4 is 11.6 Å². The maximum atomic E-state index is 9.13. The van der Waals surface area contributed by atoms with Gasteiger partial charge in [-0.2, -0.15) is 5.26 Å². The van der Waals surface area contributed by atoms with Crippen molar-refractivity contribution in [3.8, 4) is 17.3 Å². The molecular weight excluding hydrogens is 458 g/mol. The Balaban J connectivity index is 1.08. The quantitative estimate of drug-likeness (QED) is 0.383. The number of fused-ring (bicyclic) bond motifs is 1. The largest absolute Gasteiger partial charge is 0.373 e. The Labute approximate surface area is 210 Å². The first kappa shape index (κ1) is 21.6. The van der Waals surface area contributed by atoms with Crippen LogP contribution in [0.2, 0.25) is 5.02 Å². The van der Waals surface area contributed by atoms with Crippen LogP contribution in [0.25, 0.3) is 11.3 Å². The second kappa shape index (κ2) is 8.18. The van der Waals surface area contributed by atoms with Crippen molar-refractivity contribution in [3.05, 3.63) is 70.2 Å². The molecule has 4 aliphatic carbocycles. The van der Waals surface area contributed by atoms with Gasteiger partial charge in [-0.3, -0.25) is 4.98 Å². The van der Waals surface area contributed by atoms with E-state index in [2.05, 4.69) is 17.3 Å². The molecule has 0 radical (unpaired) electrons. The van der Waals surface area contributed by atoms with E-state index in [-0.39, 0.29) is 11.5 Å². The summed E-state index contributed by atoms with van der Waals surface area (Å²) < 4.78 is 12.5. The number of hydrogen-bond acceptors (Lipinski definition) is 5. The van der Waals surface area contributed by atoms with Crippen LogP contribution in [-0.2, 0) is 16.8 Å². The number of hydrogen-bond donors (Lipinski definition) is 0. The van der Waals surface area contributed by atoms with E-state index in [0.717, 1.165) is 48.3 Å². The maximum Gasteiger partial charge on any atom is 0.145 e. The third-order valence-electron chi connectivity index (χ3n) is 9.07. The Bertz CT molecular complexity index is 1300. The summed E-state index contributed by atoms with van der Waals surface area (Å²) >= 11 is 6.51. The lowest BCUT2D eigenvalue weighted by Gasteiger charge is -2.53. The van der Waals surface area contributed by atoms with E-state index in [1.54, 1.807) is 6.20 Å². The van der Waals surface area contributed by atoms with Gasteiger partial charge in [-0.15, -0.1) is 0 Å². The lowest BCUT2D eigenvalue weighted by molar-refractivity contribution is -0.0345. The SMILES string of the molecule is N#Cc1ccc(C23C[C@H]4CC2[C@H](C[C@@H](OCc2c(-c5ccccc5Cl)noc2C2CC2)C4)C3)nc1. The lowest BCUT2D eigenvalue weighted by atomic mass is 9.52. The molecule has 2 bridgehead atoms. The fourth-order valence-electron chi connectivity index (χ4n) is 7.38. The first-order valence-electron chi connectivity index (χ1n) is 12.9. The van der Waals surface area contributed by atoms with E-state index in [1.165, 1.54) is 25.0 Å². The number of nitrogens with zero attached hydrogens (tertiary/aromatic N) is 3. The van der Waals surface area contributed by atoms with Crippen LogP contribution in [-0.4, -0.2) is 16.2 Å². The second-order valence-corrected chi connectivity index (χ2v) is 11.5. The van der Waals surface area contributed by atoms with Gasteiger partial charge < -0.3 is 9.26 Å². The minimum Gasteiger partial charge on any atom is -0.373 e. The van der Waals surface area contributed by atoms with Gasteiger partial charge in [0, 0.05) is 34.4 Å². The van der Waals surface area contributed by atoms with Gasteiger partial charge in [-0.05, 0) is 80.9 Å². The third kappa shape index (κ3) is 3.53. The zero-order chi connectivity index (χ0) is 23.6. The fraction of sp³-hybridized carbons (Fsp3) is 0.483. The number of ether oxygens (including phenoxy) is 1. The molecule has 0 amide bonds. The van der Waals surface area contributed by atoms with Crippen LogP contribution in [0.5, 0.6) is 0 Å². The highest BCUT2D eigenvalue weighted by Gasteiger charge is 2.62. The summed E-state index contributed by atoms with van der Waals surface area (Å²) in [7, 11) is 0. The predicted octanol–water partition coefficient (Wildman–Crippen LogP) is 6.80. The molecule has 1 aromatic carbocycles. The zero-order valence-electron chi connectivity index (χ0n) is 19.6. The van der Waals surface area contributed by atoms with Crippen LogP contribution in [0, 0.1) is 29.1 Å². The highest BCUT2D eigenvalue weighted by Crippen LogP contribution is 2.66. The van der Waals surface area contributed by atoms with Gasteiger partial charge in [-0.1, -0.05) is 35.0 Å². The maximum absolute atomic E-state index is 9.13. The Morgan fingerprint density at radius 2 is 2.00 bits per heavy atom. The second-order valence-electron chi connectivity index (χ2n) is 11.1. The standard InChI is InChI=1S/C29H28ClN3O2/c30-25-4-2-1-3-22(25)27-23(28(35-33-27)19-6-7-19)16-34-21-9-18-10-24-20(11-21)13-29(24,12-18)26-8-5-17(14-31)15-32-26/h1-5,8,15,18-21,24H,6-7,9-13,16H2/t18-,20-,21+,24?,29?/m1/s1. The van der Waals surface area contributed by atoms with E-state index in [4.69, 9.17) is 31.1 Å². The molecule has 6 heteroatoms. The molecule has 0 saturated heterocycles. The van der Waals surface area contributed by atoms with E-state index in [1.807, 2.05) is 30.3 Å². The van der Waals surface area contributed by atoms with Gasteiger partial charge in [0.2, 0.25) is 0 Å². The molecule has 0 N–H and O–H groups in total. The van der Waals surface area contributed by atoms with Gasteiger partial charge in [-0.25, -0.2) is 0 Å². The first-order valence-corrected chi connectivity index (χ1v) is 13.2. The molecule has 35 heavy (non-hydrogen) atoms. The van der Waals surface area contributed by atoms with Crippen LogP contribution in [0.1, 0.15) is 73.4 Å². The summed E-state index contributed by atoms with van der Waals surface area (Å²) in [5, 5.41) is 14.3. The van der Waals surface area contributed by atoms with E-state index >= 15 is 0 Å². The molecule has 0 spiro atoms. The molecule has 3 aromatic rings. The summed E-state index contributed by atoms with van der Waals surface area (Å²) in [5.41, 5.74) is 4.90. The predicted molar refractivity (Wildman–Crippen MR) is 132 cm³/mol. The minimum atomic E-state index is 0.221. The molecule has 4 fully saturated rings. The number of pyridine rings is 1. The van der Waals surface area contributed by atoms with Crippen LogP contribution in [0.15, 0.2) is 47.1 Å². The Kier molecular flexibility index (Phi) is 5.05. The van der Waals surface area contributed by atoms with Crippen LogP contribution in [0.3, 0.4) is 0 Å². The average molecular weight is 486 g/mol. The van der Waals surface area contributed by atoms with Crippen molar-refractivity contribution in [2.75, 3.05) is 0 Å². The molecule has 2 unspecified atom stereocenters. The van der Waals surface area contributed by atoms with Crippen LogP contribution >= 0.6 is 11.6 Å². The summed E-state index contributed by atoms with van der Waals surface area (Å²) in [4.78, 5) is 4.72. The number of benzene rings is 1. The smallest absolute Gasteiger partial charge is 0.145 e. The summed E-state index contributed by atoms with van der Waals surface area (Å²) in [5.74, 6) is 3.51. The van der Waals surface area contributed by atoms with E-state index in [0.29, 0.717) is 40.9 Å². The van der Waals surface area contributed by atoms with E-state index < -0.39 is 0 Å². The van der Waals surface area contributed by atoms with Gasteiger partial charge in [0.1, 0.15) is 17.5 Å². The summed E-state index contributed by atoms with van der Waals surface area (Å²) in [6.45, 7) is 0.535. The highest BCUT2D eigenvalue weighted by molar-refractivity contribution is 6.33. The van der Waals surface area contributed by atoms with Gasteiger partial charge >= 0.3 is 0 Å². The van der Waals surface area contributed by atoms with Crippen molar-refractivity contribution in [2.45, 2.75) is 69.0 Å². The first-order chi connectivity index (χ1) is 17.1. The zero-order valence-corrected chi connectivity index (χ0v) is 20.4. The lowest BCUT2D eigenvalue weighted by Crippen LogP contribution is -2.50. The summed E-state index contributed by atoms with van der Waals surface area (Å²) in [6.07, 6.45) is 10.2. The summed E-state index contributed by atoms with van der Waals surface area (Å²) in [6, 6.07) is 14.1. The van der Waals surface area contributed by atoms with Crippen LogP contribution in [0.4, 0.5) is 0 Å². The molecule has 2 heterocycles. The monoisotopic (exact) mass is 485 g/mol. The molecular formula is C29H28ClN3O2. The highest BCUT2D eigenvalue weighted by atomic mass is 35.5. The minimum absolute atomic E-state index is 0.221. The fourth-order valence-corrected chi connectivity index (χ4v) is 7.60. The van der Waals surface area contributed by atoms with Crippen molar-refractivity contribution < 1.29 is 9.26 Å². The average Bonchev–Trinajstić information content (AvgIpc) is 3.58. The number of aromatic nitrogens is 2. The van der Waals surface area contributed by atoms with Gasteiger partial charge in [0.25, 0.3) is 0 Å². The molecule has 178 valence electrons. The van der Waals surface area contributed by atoms with Crippen molar-refractivity contribution in [2.24, 2.45) is 17.8 Å². The Hall–Kier alpha value is -2.68. The molecule has 5 nitrogen and oxygen atoms in total. The van der Waals surface area contributed by atoms with Gasteiger partial charge in [0.05, 0.1) is 23.3 Å². The molecule has 2 aromatic heterocycles. The van der Waals surface area contributed by atoms with Crippen molar-refractivity contribution in [1.82, 2.24) is 10.1 Å². The number of rotatable bonds is 6. The molecule has 4 aliphatic rings. The Morgan fingerprint density at radius 1 is 1.11 bits per heavy atom. The van der Waals surface area contributed by atoms with Gasteiger partial charge in [0.15, 0.2) is 0 Å². The molecule has 4 saturated carbocycles. The Morgan fingerprint density at radius 3 is 2.77 bits per heavy atom. The van der Waals surface area contributed by atoms with E-state index in [9.17, 15) is 0 Å². The molecule has 5 atom stereocenters. The molecule has 7 rings (SSSR count). The number of nitriles is 1. The molecule has 0 aliphatic heterocycles. The third-order valence-corrected chi connectivity index (χ3v) is 9.40. The van der Waals surface area contributed by atoms with Crippen LogP contribution < -0.4 is 0 Å². The normalized spacial score (nSPS) is 31.0. The topological polar surface area (TPSA) is 71.9 Å². The van der Waals surface area contributed by atoms with Crippen molar-refractivity contribution in [3.63, 3.8) is 0 Å². The van der Waals surface area contributed by atoms with Crippen molar-refractivity contribution in [1.29, 1.82) is 5.26 Å².